The van der Waals surface area contributed by atoms with Crippen molar-refractivity contribution < 1.29 is 4.39 Å². The number of benzene rings is 1. The number of halogens is 2. The molecule has 0 aliphatic rings. The van der Waals surface area contributed by atoms with Crippen LogP contribution in [0.25, 0.3) is 0 Å². The van der Waals surface area contributed by atoms with Crippen molar-refractivity contribution in [2.75, 3.05) is 0 Å². The summed E-state index contributed by atoms with van der Waals surface area (Å²) in [6.07, 6.45) is 1.58. The van der Waals surface area contributed by atoms with Crippen LogP contribution in [0, 0.1) is 5.82 Å². The molecule has 2 rings (SSSR count). The highest BCUT2D eigenvalue weighted by molar-refractivity contribution is 7.07. The summed E-state index contributed by atoms with van der Waals surface area (Å²) in [6.45, 7) is 0. The SMILES string of the molecule is NNC(CCc1ccsc1)c1cc(Cl)ccc1F. The Morgan fingerprint density at radius 3 is 2.89 bits per heavy atom. The van der Waals surface area contributed by atoms with Crippen LogP contribution < -0.4 is 11.3 Å². The summed E-state index contributed by atoms with van der Waals surface area (Å²) < 4.78 is 13.7. The molecule has 1 aromatic carbocycles. The van der Waals surface area contributed by atoms with Crippen LogP contribution in [0.1, 0.15) is 23.6 Å². The van der Waals surface area contributed by atoms with E-state index in [2.05, 4.69) is 16.9 Å². The van der Waals surface area contributed by atoms with Gasteiger partial charge in [-0.2, -0.15) is 11.3 Å². The molecule has 0 saturated heterocycles. The normalized spacial score (nSPS) is 12.6. The van der Waals surface area contributed by atoms with E-state index >= 15 is 0 Å². The van der Waals surface area contributed by atoms with Gasteiger partial charge >= 0.3 is 0 Å². The molecular formula is C13H14ClFN2S. The zero-order valence-electron chi connectivity index (χ0n) is 9.70. The highest BCUT2D eigenvalue weighted by Crippen LogP contribution is 2.24. The van der Waals surface area contributed by atoms with Crippen LogP contribution in [0.3, 0.4) is 0 Å². The van der Waals surface area contributed by atoms with Gasteiger partial charge in [-0.1, -0.05) is 11.6 Å². The van der Waals surface area contributed by atoms with Crippen LogP contribution in [0.2, 0.25) is 5.02 Å². The Morgan fingerprint density at radius 2 is 2.22 bits per heavy atom. The molecule has 2 nitrogen and oxygen atoms in total. The molecule has 0 aliphatic carbocycles. The molecule has 0 radical (unpaired) electrons. The molecule has 3 N–H and O–H groups in total. The molecule has 96 valence electrons. The second kappa shape index (κ2) is 6.29. The predicted octanol–water partition coefficient (Wildman–Crippen LogP) is 3.68. The van der Waals surface area contributed by atoms with Crippen LogP contribution >= 0.6 is 22.9 Å². The van der Waals surface area contributed by atoms with Crippen molar-refractivity contribution in [2.24, 2.45) is 5.84 Å². The van der Waals surface area contributed by atoms with Crippen molar-refractivity contribution in [3.05, 3.63) is 57.0 Å². The fourth-order valence-electron chi connectivity index (χ4n) is 1.86. The smallest absolute Gasteiger partial charge is 0.128 e. The van der Waals surface area contributed by atoms with Crippen LogP contribution in [-0.4, -0.2) is 0 Å². The van der Waals surface area contributed by atoms with E-state index in [1.807, 2.05) is 5.38 Å². The summed E-state index contributed by atoms with van der Waals surface area (Å²) in [6, 6.07) is 6.35. The Labute approximate surface area is 115 Å². The summed E-state index contributed by atoms with van der Waals surface area (Å²) in [7, 11) is 0. The molecule has 0 saturated carbocycles. The second-order valence-corrected chi connectivity index (χ2v) is 5.27. The quantitative estimate of drug-likeness (QED) is 0.649. The van der Waals surface area contributed by atoms with Crippen molar-refractivity contribution in [2.45, 2.75) is 18.9 Å². The Hall–Kier alpha value is -0.940. The maximum Gasteiger partial charge on any atom is 0.128 e. The lowest BCUT2D eigenvalue weighted by Gasteiger charge is -2.17. The second-order valence-electron chi connectivity index (χ2n) is 4.06. The maximum absolute atomic E-state index is 13.7. The Balaban J connectivity index is 2.10. The molecule has 0 fully saturated rings. The van der Waals surface area contributed by atoms with Gasteiger partial charge in [0.1, 0.15) is 5.82 Å². The van der Waals surface area contributed by atoms with Crippen molar-refractivity contribution in [3.63, 3.8) is 0 Å². The topological polar surface area (TPSA) is 38.0 Å². The molecule has 5 heteroatoms. The van der Waals surface area contributed by atoms with E-state index in [4.69, 9.17) is 17.4 Å². The van der Waals surface area contributed by atoms with Gasteiger partial charge in [-0.15, -0.1) is 0 Å². The number of thiophene rings is 1. The fraction of sp³-hybridized carbons (Fsp3) is 0.231. The minimum Gasteiger partial charge on any atom is -0.271 e. The highest BCUT2D eigenvalue weighted by Gasteiger charge is 2.15. The molecule has 0 spiro atoms. The minimum atomic E-state index is -0.285. The van der Waals surface area contributed by atoms with E-state index in [1.165, 1.54) is 17.7 Å². The first-order valence-electron chi connectivity index (χ1n) is 5.63. The van der Waals surface area contributed by atoms with E-state index in [0.29, 0.717) is 10.6 Å². The first-order chi connectivity index (χ1) is 8.70. The number of hydrogen-bond donors (Lipinski definition) is 2. The third kappa shape index (κ3) is 3.29. The zero-order valence-corrected chi connectivity index (χ0v) is 11.3. The molecule has 18 heavy (non-hydrogen) atoms. The van der Waals surface area contributed by atoms with E-state index in [-0.39, 0.29) is 11.9 Å². The third-order valence-electron chi connectivity index (χ3n) is 2.84. The lowest BCUT2D eigenvalue weighted by Crippen LogP contribution is -2.29. The van der Waals surface area contributed by atoms with Crippen LogP contribution in [0.4, 0.5) is 4.39 Å². The molecule has 1 aromatic heterocycles. The summed E-state index contributed by atoms with van der Waals surface area (Å²) >= 11 is 7.54. The van der Waals surface area contributed by atoms with Crippen LogP contribution in [0.15, 0.2) is 35.0 Å². The number of nitrogens with one attached hydrogen (secondary N) is 1. The van der Waals surface area contributed by atoms with Crippen LogP contribution in [0.5, 0.6) is 0 Å². The van der Waals surface area contributed by atoms with Crippen molar-refractivity contribution >= 4 is 22.9 Å². The average Bonchev–Trinajstić information content (AvgIpc) is 2.87. The molecule has 1 heterocycles. The van der Waals surface area contributed by atoms with Gasteiger partial charge in [0.2, 0.25) is 0 Å². The zero-order chi connectivity index (χ0) is 13.0. The number of hydrazine groups is 1. The number of hydrogen-bond acceptors (Lipinski definition) is 3. The average molecular weight is 285 g/mol. The van der Waals surface area contributed by atoms with Gasteiger partial charge in [0.15, 0.2) is 0 Å². The third-order valence-corrected chi connectivity index (χ3v) is 3.80. The monoisotopic (exact) mass is 284 g/mol. The lowest BCUT2D eigenvalue weighted by molar-refractivity contribution is 0.486. The Morgan fingerprint density at radius 1 is 1.39 bits per heavy atom. The molecule has 2 aromatic rings. The first-order valence-corrected chi connectivity index (χ1v) is 6.95. The van der Waals surface area contributed by atoms with Crippen molar-refractivity contribution in [3.8, 4) is 0 Å². The fourth-order valence-corrected chi connectivity index (χ4v) is 2.74. The van der Waals surface area contributed by atoms with E-state index < -0.39 is 0 Å². The molecule has 0 aliphatic heterocycles. The summed E-state index contributed by atoms with van der Waals surface area (Å²) in [5.41, 5.74) is 4.41. The van der Waals surface area contributed by atoms with Gasteiger partial charge in [0, 0.05) is 16.6 Å². The van der Waals surface area contributed by atoms with E-state index in [0.717, 1.165) is 12.8 Å². The van der Waals surface area contributed by atoms with E-state index in [9.17, 15) is 4.39 Å². The van der Waals surface area contributed by atoms with E-state index in [1.54, 1.807) is 17.4 Å². The highest BCUT2D eigenvalue weighted by atomic mass is 35.5. The first kappa shape index (κ1) is 13.5. The summed E-state index contributed by atoms with van der Waals surface area (Å²) in [5.74, 6) is 5.22. The molecular weight excluding hydrogens is 271 g/mol. The van der Waals surface area contributed by atoms with Gasteiger partial charge in [0.25, 0.3) is 0 Å². The Bertz CT molecular complexity index is 502. The van der Waals surface area contributed by atoms with Gasteiger partial charge in [-0.05, 0) is 53.4 Å². The molecule has 0 bridgehead atoms. The standard InChI is InChI=1S/C13H14ClFN2S/c14-10-2-3-12(15)11(7-10)13(17-16)4-1-9-5-6-18-8-9/h2-3,5-8,13,17H,1,4,16H2. The predicted molar refractivity (Wildman–Crippen MR) is 74.1 cm³/mol. The van der Waals surface area contributed by atoms with Crippen LogP contribution in [-0.2, 0) is 6.42 Å². The van der Waals surface area contributed by atoms with Crippen molar-refractivity contribution in [1.82, 2.24) is 5.43 Å². The largest absolute Gasteiger partial charge is 0.271 e. The summed E-state index contributed by atoms with van der Waals surface area (Å²) in [4.78, 5) is 0. The summed E-state index contributed by atoms with van der Waals surface area (Å²) in [5, 5.41) is 4.63. The number of nitrogens with two attached hydrogens (primary N) is 1. The molecule has 1 unspecified atom stereocenters. The maximum atomic E-state index is 13.7. The van der Waals surface area contributed by atoms with Crippen molar-refractivity contribution in [1.29, 1.82) is 0 Å². The molecule has 1 atom stereocenters. The van der Waals surface area contributed by atoms with Gasteiger partial charge in [-0.25, -0.2) is 4.39 Å². The Kier molecular flexibility index (Phi) is 4.72. The number of aryl methyl sites for hydroxylation is 1. The van der Waals surface area contributed by atoms with Gasteiger partial charge < -0.3 is 0 Å². The minimum absolute atomic E-state index is 0.233. The molecule has 0 amide bonds. The van der Waals surface area contributed by atoms with Gasteiger partial charge in [-0.3, -0.25) is 11.3 Å². The lowest BCUT2D eigenvalue weighted by atomic mass is 10.0. The van der Waals surface area contributed by atoms with Gasteiger partial charge in [0.05, 0.1) is 0 Å². The number of rotatable bonds is 5.